The number of hydrogen-bond donors (Lipinski definition) is 3. The Morgan fingerprint density at radius 2 is 2.17 bits per heavy atom. The van der Waals surface area contributed by atoms with Gasteiger partial charge in [-0.15, -0.1) is 12.4 Å². The van der Waals surface area contributed by atoms with Crippen molar-refractivity contribution in [1.29, 1.82) is 0 Å². The molecule has 2 aromatic rings. The van der Waals surface area contributed by atoms with E-state index in [1.54, 1.807) is 0 Å². The second kappa shape index (κ2) is 6.98. The molecule has 1 heterocycles. The fourth-order valence-corrected chi connectivity index (χ4v) is 1.63. The first kappa shape index (κ1) is 14.5. The summed E-state index contributed by atoms with van der Waals surface area (Å²) in [5.74, 6) is 0.500. The monoisotopic (exact) mass is 268 g/mol. The number of carbonyl (C=O) groups is 1. The quantitative estimate of drug-likeness (QED) is 0.726. The molecule has 0 bridgehead atoms. The average molecular weight is 269 g/mol. The number of rotatable bonds is 5. The highest BCUT2D eigenvalue weighted by Gasteiger charge is 2.05. The lowest BCUT2D eigenvalue weighted by Crippen LogP contribution is -2.15. The number of benzene rings is 1. The fourth-order valence-electron chi connectivity index (χ4n) is 1.63. The molecule has 18 heavy (non-hydrogen) atoms. The van der Waals surface area contributed by atoms with E-state index in [2.05, 4.69) is 20.6 Å². The van der Waals surface area contributed by atoms with E-state index >= 15 is 0 Å². The summed E-state index contributed by atoms with van der Waals surface area (Å²) in [6.45, 7) is 0.841. The van der Waals surface area contributed by atoms with Crippen LogP contribution in [0.1, 0.15) is 12.8 Å². The summed E-state index contributed by atoms with van der Waals surface area (Å²) >= 11 is 0. The molecule has 6 heteroatoms. The number of aromatic nitrogens is 2. The van der Waals surface area contributed by atoms with E-state index in [4.69, 9.17) is 0 Å². The van der Waals surface area contributed by atoms with Crippen LogP contribution in [0.25, 0.3) is 11.0 Å². The Hall–Kier alpha value is -1.59. The van der Waals surface area contributed by atoms with Crippen molar-refractivity contribution in [3.63, 3.8) is 0 Å². The maximum Gasteiger partial charge on any atom is 0.226 e. The molecule has 1 aromatic heterocycles. The number of anilines is 1. The Bertz CT molecular complexity index is 479. The maximum atomic E-state index is 11.6. The summed E-state index contributed by atoms with van der Waals surface area (Å²) in [5.41, 5.74) is 1.79. The van der Waals surface area contributed by atoms with Gasteiger partial charge in [-0.1, -0.05) is 12.1 Å². The molecule has 0 aliphatic rings. The SMILES string of the molecule is CNCCCC(=O)Nc1nc2ccccc2[nH]1.Cl. The molecule has 1 amide bonds. The smallest absolute Gasteiger partial charge is 0.226 e. The molecule has 0 saturated heterocycles. The zero-order valence-corrected chi connectivity index (χ0v) is 11.0. The summed E-state index contributed by atoms with van der Waals surface area (Å²) in [4.78, 5) is 18.9. The Balaban J connectivity index is 0.00000162. The molecule has 0 aliphatic heterocycles. The number of carbonyl (C=O) groups excluding carboxylic acids is 1. The van der Waals surface area contributed by atoms with Crippen molar-refractivity contribution in [2.24, 2.45) is 0 Å². The Kier molecular flexibility index (Phi) is 5.61. The summed E-state index contributed by atoms with van der Waals surface area (Å²) in [7, 11) is 1.87. The van der Waals surface area contributed by atoms with Crippen LogP contribution in [0.3, 0.4) is 0 Å². The summed E-state index contributed by atoms with van der Waals surface area (Å²) < 4.78 is 0. The van der Waals surface area contributed by atoms with Crippen LogP contribution in [0.2, 0.25) is 0 Å². The second-order valence-corrected chi connectivity index (χ2v) is 3.86. The molecule has 98 valence electrons. The number of aromatic amines is 1. The van der Waals surface area contributed by atoms with Crippen LogP contribution in [-0.4, -0.2) is 29.5 Å². The standard InChI is InChI=1S/C12H16N4O.ClH/c1-13-8-4-7-11(17)16-12-14-9-5-2-3-6-10(9)15-12;/h2-3,5-6,13H,4,7-8H2,1H3,(H2,14,15,16,17);1H. The van der Waals surface area contributed by atoms with Gasteiger partial charge in [-0.05, 0) is 32.1 Å². The number of nitrogens with zero attached hydrogens (tertiary/aromatic N) is 1. The van der Waals surface area contributed by atoms with Gasteiger partial charge in [0.1, 0.15) is 0 Å². The minimum Gasteiger partial charge on any atom is -0.324 e. The molecule has 0 aliphatic carbocycles. The third-order valence-electron chi connectivity index (χ3n) is 2.48. The Labute approximate surface area is 112 Å². The third-order valence-corrected chi connectivity index (χ3v) is 2.48. The molecule has 0 fully saturated rings. The van der Waals surface area contributed by atoms with Crippen LogP contribution in [0.5, 0.6) is 0 Å². The predicted octanol–water partition coefficient (Wildman–Crippen LogP) is 1.92. The number of fused-ring (bicyclic) bond motifs is 1. The van der Waals surface area contributed by atoms with E-state index in [1.807, 2.05) is 31.3 Å². The van der Waals surface area contributed by atoms with Crippen molar-refractivity contribution < 1.29 is 4.79 Å². The Morgan fingerprint density at radius 3 is 2.89 bits per heavy atom. The zero-order chi connectivity index (χ0) is 12.1. The number of H-pyrrole nitrogens is 1. The van der Waals surface area contributed by atoms with Crippen molar-refractivity contribution >= 4 is 35.3 Å². The first-order valence-corrected chi connectivity index (χ1v) is 5.69. The summed E-state index contributed by atoms with van der Waals surface area (Å²) in [6.07, 6.45) is 1.32. The number of nitrogens with one attached hydrogen (secondary N) is 3. The predicted molar refractivity (Wildman–Crippen MR) is 75.1 cm³/mol. The largest absolute Gasteiger partial charge is 0.324 e. The van der Waals surface area contributed by atoms with Crippen LogP contribution in [0.4, 0.5) is 5.95 Å². The molecule has 5 nitrogen and oxygen atoms in total. The molecule has 3 N–H and O–H groups in total. The molecule has 2 rings (SSSR count). The van der Waals surface area contributed by atoms with E-state index < -0.39 is 0 Å². The topological polar surface area (TPSA) is 69.8 Å². The van der Waals surface area contributed by atoms with Crippen molar-refractivity contribution in [2.45, 2.75) is 12.8 Å². The van der Waals surface area contributed by atoms with Gasteiger partial charge in [0, 0.05) is 6.42 Å². The zero-order valence-electron chi connectivity index (χ0n) is 10.2. The van der Waals surface area contributed by atoms with Crippen molar-refractivity contribution in [1.82, 2.24) is 15.3 Å². The molecule has 0 unspecified atom stereocenters. The molecular formula is C12H17ClN4O. The van der Waals surface area contributed by atoms with Gasteiger partial charge in [-0.25, -0.2) is 4.98 Å². The molecule has 1 aromatic carbocycles. The normalized spacial score (nSPS) is 10.1. The van der Waals surface area contributed by atoms with Gasteiger partial charge in [0.2, 0.25) is 11.9 Å². The van der Waals surface area contributed by atoms with E-state index in [-0.39, 0.29) is 18.3 Å². The minimum absolute atomic E-state index is 0. The number of para-hydroxylation sites is 2. The highest BCUT2D eigenvalue weighted by molar-refractivity contribution is 5.90. The van der Waals surface area contributed by atoms with E-state index in [1.165, 1.54) is 0 Å². The lowest BCUT2D eigenvalue weighted by Gasteiger charge is -2.00. The molecule has 0 spiro atoms. The molecule has 0 saturated carbocycles. The third kappa shape index (κ3) is 3.72. The van der Waals surface area contributed by atoms with Crippen LogP contribution in [-0.2, 0) is 4.79 Å². The molecule has 0 atom stereocenters. The summed E-state index contributed by atoms with van der Waals surface area (Å²) in [5, 5.41) is 5.76. The van der Waals surface area contributed by atoms with Gasteiger partial charge in [0.05, 0.1) is 11.0 Å². The van der Waals surface area contributed by atoms with Gasteiger partial charge >= 0.3 is 0 Å². The van der Waals surface area contributed by atoms with Gasteiger partial charge < -0.3 is 10.3 Å². The van der Waals surface area contributed by atoms with Gasteiger partial charge in [0.25, 0.3) is 0 Å². The highest BCUT2D eigenvalue weighted by atomic mass is 35.5. The minimum atomic E-state index is -0.0145. The van der Waals surface area contributed by atoms with E-state index in [9.17, 15) is 4.79 Å². The Morgan fingerprint density at radius 1 is 1.39 bits per heavy atom. The molecule has 0 radical (unpaired) electrons. The number of halogens is 1. The van der Waals surface area contributed by atoms with Gasteiger partial charge in [0.15, 0.2) is 0 Å². The fraction of sp³-hybridized carbons (Fsp3) is 0.333. The summed E-state index contributed by atoms with van der Waals surface area (Å²) in [6, 6.07) is 7.68. The number of hydrogen-bond acceptors (Lipinski definition) is 3. The van der Waals surface area contributed by atoms with Crippen molar-refractivity contribution in [2.75, 3.05) is 18.9 Å². The number of amides is 1. The molecular weight excluding hydrogens is 252 g/mol. The van der Waals surface area contributed by atoms with Crippen LogP contribution < -0.4 is 10.6 Å². The average Bonchev–Trinajstić information content (AvgIpc) is 2.71. The van der Waals surface area contributed by atoms with Gasteiger partial charge in [-0.3, -0.25) is 10.1 Å². The highest BCUT2D eigenvalue weighted by Crippen LogP contribution is 2.13. The van der Waals surface area contributed by atoms with Crippen LogP contribution >= 0.6 is 12.4 Å². The number of imidazole rings is 1. The second-order valence-electron chi connectivity index (χ2n) is 3.86. The first-order valence-electron chi connectivity index (χ1n) is 5.69. The van der Waals surface area contributed by atoms with Crippen molar-refractivity contribution in [3.05, 3.63) is 24.3 Å². The maximum absolute atomic E-state index is 11.6. The van der Waals surface area contributed by atoms with Crippen molar-refractivity contribution in [3.8, 4) is 0 Å². The van der Waals surface area contributed by atoms with E-state index in [0.717, 1.165) is 24.0 Å². The lowest BCUT2D eigenvalue weighted by atomic mass is 10.3. The van der Waals surface area contributed by atoms with Crippen LogP contribution in [0.15, 0.2) is 24.3 Å². The van der Waals surface area contributed by atoms with E-state index in [0.29, 0.717) is 12.4 Å². The van der Waals surface area contributed by atoms with Gasteiger partial charge in [-0.2, -0.15) is 0 Å². The first-order chi connectivity index (χ1) is 8.29. The van der Waals surface area contributed by atoms with Crippen LogP contribution in [0, 0.1) is 0 Å². The lowest BCUT2D eigenvalue weighted by molar-refractivity contribution is -0.116.